The average molecular weight is 309 g/mol. The molecule has 1 N–H and O–H groups in total. The van der Waals surface area contributed by atoms with Crippen molar-refractivity contribution in [1.82, 2.24) is 0 Å². The number of rotatable bonds is 2. The van der Waals surface area contributed by atoms with Crippen molar-refractivity contribution in [2.24, 2.45) is 17.8 Å². The summed E-state index contributed by atoms with van der Waals surface area (Å²) in [7, 11) is 0. The second kappa shape index (κ2) is 7.63. The lowest BCUT2D eigenvalue weighted by atomic mass is 10.1. The lowest BCUT2D eigenvalue weighted by molar-refractivity contribution is -0.117. The highest BCUT2D eigenvalue weighted by Gasteiger charge is 2.52. The number of anilines is 1. The van der Waals surface area contributed by atoms with Gasteiger partial charge in [0, 0.05) is 11.6 Å². The first-order chi connectivity index (χ1) is 11.3. The highest BCUT2D eigenvalue weighted by molar-refractivity contribution is 5.94. The Morgan fingerprint density at radius 3 is 1.96 bits per heavy atom. The summed E-state index contributed by atoms with van der Waals surface area (Å²) in [5, 5.41) is 3.11. The van der Waals surface area contributed by atoms with E-state index in [0.29, 0.717) is 11.8 Å². The molecule has 0 aromatic heterocycles. The highest BCUT2D eigenvalue weighted by atomic mass is 16.2. The van der Waals surface area contributed by atoms with Gasteiger partial charge in [0.2, 0.25) is 5.91 Å². The van der Waals surface area contributed by atoms with Crippen molar-refractivity contribution in [3.8, 4) is 0 Å². The van der Waals surface area contributed by atoms with Crippen LogP contribution in [0.1, 0.15) is 44.1 Å². The molecule has 1 unspecified atom stereocenters. The second-order valence-electron chi connectivity index (χ2n) is 6.88. The Morgan fingerprint density at radius 2 is 1.39 bits per heavy atom. The molecule has 1 amide bonds. The molecule has 3 rings (SSSR count). The van der Waals surface area contributed by atoms with Crippen LogP contribution in [0, 0.1) is 24.7 Å². The second-order valence-corrected chi connectivity index (χ2v) is 6.88. The van der Waals surface area contributed by atoms with E-state index in [1.54, 1.807) is 0 Å². The molecule has 1 saturated carbocycles. The number of aryl methyl sites for hydroxylation is 1. The zero-order valence-corrected chi connectivity index (χ0v) is 14.0. The van der Waals surface area contributed by atoms with Crippen LogP contribution in [0.4, 0.5) is 5.69 Å². The van der Waals surface area contributed by atoms with Gasteiger partial charge in [-0.15, -0.1) is 0 Å². The molecule has 2 nitrogen and oxygen atoms in total. The van der Waals surface area contributed by atoms with Crippen LogP contribution in [-0.2, 0) is 4.79 Å². The van der Waals surface area contributed by atoms with E-state index in [0.717, 1.165) is 44.2 Å². The van der Waals surface area contributed by atoms with E-state index in [9.17, 15) is 4.79 Å². The quantitative estimate of drug-likeness (QED) is 0.742. The normalized spacial score (nSPS) is 30.2. The maximum Gasteiger partial charge on any atom is 0.228 e. The molecule has 0 heterocycles. The van der Waals surface area contributed by atoms with Crippen molar-refractivity contribution in [3.63, 3.8) is 0 Å². The van der Waals surface area contributed by atoms with E-state index < -0.39 is 0 Å². The summed E-state index contributed by atoms with van der Waals surface area (Å²) in [6.45, 7) is 2.06. The van der Waals surface area contributed by atoms with Crippen LogP contribution in [0.5, 0.6) is 0 Å². The van der Waals surface area contributed by atoms with Gasteiger partial charge in [0.05, 0.1) is 0 Å². The van der Waals surface area contributed by atoms with Crippen molar-refractivity contribution in [2.45, 2.75) is 45.4 Å². The molecule has 122 valence electrons. The van der Waals surface area contributed by atoms with Crippen molar-refractivity contribution in [2.75, 3.05) is 5.32 Å². The minimum atomic E-state index is 0.207. The van der Waals surface area contributed by atoms with Crippen molar-refractivity contribution in [3.05, 3.63) is 54.1 Å². The van der Waals surface area contributed by atoms with Crippen molar-refractivity contribution < 1.29 is 4.79 Å². The molecule has 1 fully saturated rings. The Labute approximate surface area is 139 Å². The van der Waals surface area contributed by atoms with Gasteiger partial charge >= 0.3 is 0 Å². The summed E-state index contributed by atoms with van der Waals surface area (Å²) in [5.74, 6) is 1.56. The fourth-order valence-electron chi connectivity index (χ4n) is 3.72. The molecule has 23 heavy (non-hydrogen) atoms. The van der Waals surface area contributed by atoms with Crippen molar-refractivity contribution >= 4 is 11.6 Å². The number of nitrogens with one attached hydrogen (secondary N) is 1. The first-order valence-corrected chi connectivity index (χ1v) is 8.93. The van der Waals surface area contributed by atoms with Gasteiger partial charge in [-0.25, -0.2) is 0 Å². The first kappa shape index (κ1) is 16.0. The topological polar surface area (TPSA) is 29.1 Å². The summed E-state index contributed by atoms with van der Waals surface area (Å²) in [4.78, 5) is 12.6. The van der Waals surface area contributed by atoms with Crippen LogP contribution in [0.3, 0.4) is 0 Å². The van der Waals surface area contributed by atoms with Gasteiger partial charge in [-0.1, -0.05) is 42.0 Å². The van der Waals surface area contributed by atoms with Crippen LogP contribution in [0.15, 0.2) is 48.6 Å². The fraction of sp³-hybridized carbons (Fsp3) is 0.476. The Kier molecular flexibility index (Phi) is 5.32. The van der Waals surface area contributed by atoms with Gasteiger partial charge < -0.3 is 5.32 Å². The van der Waals surface area contributed by atoms with Gasteiger partial charge in [-0.3, -0.25) is 4.79 Å². The zero-order valence-electron chi connectivity index (χ0n) is 14.0. The van der Waals surface area contributed by atoms with E-state index in [-0.39, 0.29) is 11.8 Å². The Bertz CT molecular complexity index is 560. The van der Waals surface area contributed by atoms with Gasteiger partial charge in [-0.2, -0.15) is 0 Å². The van der Waals surface area contributed by atoms with Crippen molar-refractivity contribution in [1.29, 1.82) is 0 Å². The maximum absolute atomic E-state index is 12.6. The molecular formula is C21H27NO. The molecule has 1 aromatic carbocycles. The first-order valence-electron chi connectivity index (χ1n) is 8.93. The summed E-state index contributed by atoms with van der Waals surface area (Å²) in [6, 6.07) is 8.08. The molecule has 2 aliphatic carbocycles. The summed E-state index contributed by atoms with van der Waals surface area (Å²) >= 11 is 0. The predicted octanol–water partition coefficient (Wildman–Crippen LogP) is 5.26. The van der Waals surface area contributed by atoms with Crippen LogP contribution in [-0.4, -0.2) is 5.91 Å². The third-order valence-corrected chi connectivity index (χ3v) is 5.12. The molecule has 3 atom stereocenters. The third-order valence-electron chi connectivity index (χ3n) is 5.12. The minimum Gasteiger partial charge on any atom is -0.326 e. The number of amides is 1. The Morgan fingerprint density at radius 1 is 0.870 bits per heavy atom. The monoisotopic (exact) mass is 309 g/mol. The molecule has 0 spiro atoms. The molecule has 0 aliphatic heterocycles. The predicted molar refractivity (Wildman–Crippen MR) is 96.3 cm³/mol. The molecule has 1 aromatic rings. The van der Waals surface area contributed by atoms with Gasteiger partial charge in [-0.05, 0) is 69.4 Å². The number of hydrogen-bond acceptors (Lipinski definition) is 1. The molecule has 2 aliphatic rings. The molecule has 2 heteroatoms. The SMILES string of the molecule is Cc1ccc(NC(=O)C2[C@H]3CC/C=C/CC/C=C\CC[C@@H]23)cc1. The Hall–Kier alpha value is -1.83. The van der Waals surface area contributed by atoms with Crippen LogP contribution >= 0.6 is 0 Å². The average Bonchev–Trinajstić information content (AvgIpc) is 3.22. The fourth-order valence-corrected chi connectivity index (χ4v) is 3.72. The summed E-state index contributed by atoms with van der Waals surface area (Å²) < 4.78 is 0. The van der Waals surface area contributed by atoms with E-state index in [1.807, 2.05) is 24.3 Å². The van der Waals surface area contributed by atoms with Gasteiger partial charge in [0.1, 0.15) is 0 Å². The molecule has 0 saturated heterocycles. The number of benzene rings is 1. The number of carbonyl (C=O) groups is 1. The van der Waals surface area contributed by atoms with Gasteiger partial charge in [0.25, 0.3) is 0 Å². The zero-order chi connectivity index (χ0) is 16.1. The molecule has 0 radical (unpaired) electrons. The third kappa shape index (κ3) is 4.34. The van der Waals surface area contributed by atoms with E-state index in [1.165, 1.54) is 5.56 Å². The van der Waals surface area contributed by atoms with Crippen LogP contribution in [0.25, 0.3) is 0 Å². The minimum absolute atomic E-state index is 0.207. The van der Waals surface area contributed by atoms with E-state index in [2.05, 4.69) is 36.5 Å². The Balaban J connectivity index is 1.60. The number of hydrogen-bond donors (Lipinski definition) is 1. The van der Waals surface area contributed by atoms with Crippen LogP contribution in [0.2, 0.25) is 0 Å². The lowest BCUT2D eigenvalue weighted by Gasteiger charge is -2.05. The number of carbonyl (C=O) groups excluding carboxylic acids is 1. The van der Waals surface area contributed by atoms with Gasteiger partial charge in [0.15, 0.2) is 0 Å². The number of allylic oxidation sites excluding steroid dienone is 4. The molecule has 0 bridgehead atoms. The lowest BCUT2D eigenvalue weighted by Crippen LogP contribution is -2.15. The van der Waals surface area contributed by atoms with E-state index >= 15 is 0 Å². The summed E-state index contributed by atoms with van der Waals surface area (Å²) in [5.41, 5.74) is 2.14. The molecular weight excluding hydrogens is 282 g/mol. The summed E-state index contributed by atoms with van der Waals surface area (Å²) in [6.07, 6.45) is 15.9. The smallest absolute Gasteiger partial charge is 0.228 e. The standard InChI is InChI=1S/C21H27NO/c1-16-12-14-17(15-13-16)22-21(23)20-18-10-8-6-4-2-3-5-7-9-11-19(18)20/h4-7,12-15,18-20H,2-3,8-11H2,1H3,(H,22,23)/b6-4-,7-5+/t18-,19+,20?/m1/s1. The highest BCUT2D eigenvalue weighted by Crippen LogP contribution is 2.52. The largest absolute Gasteiger partial charge is 0.326 e. The van der Waals surface area contributed by atoms with Crippen LogP contribution < -0.4 is 5.32 Å². The number of fused-ring (bicyclic) bond motifs is 1. The van der Waals surface area contributed by atoms with E-state index in [4.69, 9.17) is 0 Å². The maximum atomic E-state index is 12.6.